The summed E-state index contributed by atoms with van der Waals surface area (Å²) >= 11 is 7.52. The molecular weight excluding hydrogens is 464 g/mol. The fraction of sp³-hybridized carbons (Fsp3) is 0.200. The molecule has 1 unspecified atom stereocenters. The van der Waals surface area contributed by atoms with E-state index in [0.29, 0.717) is 11.4 Å². The molecule has 0 bridgehead atoms. The van der Waals surface area contributed by atoms with Crippen molar-refractivity contribution in [2.24, 2.45) is 5.14 Å². The predicted molar refractivity (Wildman–Crippen MR) is 119 cm³/mol. The van der Waals surface area contributed by atoms with Gasteiger partial charge in [0.25, 0.3) is 0 Å². The summed E-state index contributed by atoms with van der Waals surface area (Å²) in [5, 5.41) is 7.64. The molecule has 1 heterocycles. The third-order valence-electron chi connectivity index (χ3n) is 4.58. The van der Waals surface area contributed by atoms with Gasteiger partial charge in [-0.2, -0.15) is 4.31 Å². The number of nitrogens with zero attached hydrogens (tertiary/aromatic N) is 1. The molecule has 1 aromatic heterocycles. The first kappa shape index (κ1) is 22.9. The van der Waals surface area contributed by atoms with E-state index in [1.54, 1.807) is 35.6 Å². The van der Waals surface area contributed by atoms with Crippen LogP contribution in [-0.4, -0.2) is 27.2 Å². The second kappa shape index (κ2) is 9.17. The van der Waals surface area contributed by atoms with Gasteiger partial charge in [-0.25, -0.2) is 22.0 Å². The van der Waals surface area contributed by atoms with E-state index in [4.69, 9.17) is 16.7 Å². The lowest BCUT2D eigenvalue weighted by Crippen LogP contribution is -2.39. The minimum Gasteiger partial charge on any atom is -0.225 e. The Balaban J connectivity index is 1.97. The van der Waals surface area contributed by atoms with E-state index < -0.39 is 20.0 Å². The highest BCUT2D eigenvalue weighted by Crippen LogP contribution is 2.25. The standard InChI is InChI=1S/C20H21ClN2O4S3/c1-15(13-18-3-2-12-28-18)23(14-16-4-6-17(21)7-5-16)30(26,27)20-10-8-19(9-11-20)29(22,24)25/h2-12,15H,13-14H2,1H3,(H2,22,24,25). The van der Waals surface area contributed by atoms with Crippen LogP contribution >= 0.6 is 22.9 Å². The Kier molecular flexibility index (Phi) is 7.01. The lowest BCUT2D eigenvalue weighted by molar-refractivity contribution is 0.329. The van der Waals surface area contributed by atoms with Gasteiger partial charge in [-0.05, 0) is 66.8 Å². The first-order chi connectivity index (χ1) is 14.1. The molecular formula is C20H21ClN2O4S3. The SMILES string of the molecule is CC(Cc1cccs1)N(Cc1ccc(Cl)cc1)S(=O)(=O)c1ccc(S(N)(=O)=O)cc1. The molecule has 3 aromatic rings. The van der Waals surface area contributed by atoms with E-state index in [9.17, 15) is 16.8 Å². The van der Waals surface area contributed by atoms with Crippen LogP contribution in [0.5, 0.6) is 0 Å². The van der Waals surface area contributed by atoms with Gasteiger partial charge in [0.15, 0.2) is 0 Å². The third kappa shape index (κ3) is 5.48. The summed E-state index contributed by atoms with van der Waals surface area (Å²) < 4.78 is 51.3. The Hall–Kier alpha value is -1.75. The molecule has 0 aliphatic rings. The summed E-state index contributed by atoms with van der Waals surface area (Å²) in [7, 11) is -7.81. The number of halogens is 1. The molecule has 30 heavy (non-hydrogen) atoms. The van der Waals surface area contributed by atoms with Gasteiger partial charge in [-0.15, -0.1) is 11.3 Å². The van der Waals surface area contributed by atoms with Crippen LogP contribution in [0.15, 0.2) is 75.8 Å². The van der Waals surface area contributed by atoms with Gasteiger partial charge in [-0.3, -0.25) is 0 Å². The number of nitrogens with two attached hydrogens (primary N) is 1. The fourth-order valence-corrected chi connectivity index (χ4v) is 6.09. The molecule has 0 aliphatic carbocycles. The van der Waals surface area contributed by atoms with Crippen LogP contribution in [0.1, 0.15) is 17.4 Å². The number of benzene rings is 2. The largest absolute Gasteiger partial charge is 0.243 e. The van der Waals surface area contributed by atoms with Gasteiger partial charge in [0.2, 0.25) is 20.0 Å². The minimum absolute atomic E-state index is 0.00175. The third-order valence-corrected chi connectivity index (χ3v) is 8.63. The average Bonchev–Trinajstić information content (AvgIpc) is 3.19. The van der Waals surface area contributed by atoms with Crippen molar-refractivity contribution in [2.75, 3.05) is 0 Å². The molecule has 0 saturated heterocycles. The monoisotopic (exact) mass is 484 g/mol. The number of rotatable bonds is 8. The van der Waals surface area contributed by atoms with Crippen LogP contribution in [-0.2, 0) is 33.0 Å². The van der Waals surface area contributed by atoms with Crippen molar-refractivity contribution >= 4 is 43.0 Å². The zero-order valence-electron chi connectivity index (χ0n) is 16.1. The Bertz CT molecular complexity index is 1190. The number of hydrogen-bond acceptors (Lipinski definition) is 5. The molecule has 3 rings (SSSR count). The number of thiophene rings is 1. The van der Waals surface area contributed by atoms with Crippen LogP contribution in [0.2, 0.25) is 5.02 Å². The molecule has 0 saturated carbocycles. The van der Waals surface area contributed by atoms with Crippen LogP contribution in [0.3, 0.4) is 0 Å². The highest BCUT2D eigenvalue weighted by molar-refractivity contribution is 7.89. The number of primary sulfonamides is 1. The summed E-state index contributed by atoms with van der Waals surface area (Å²) in [4.78, 5) is 0.933. The summed E-state index contributed by atoms with van der Waals surface area (Å²) in [5.74, 6) is 0. The Morgan fingerprint density at radius 1 is 0.967 bits per heavy atom. The first-order valence-electron chi connectivity index (χ1n) is 8.99. The van der Waals surface area contributed by atoms with E-state index in [-0.39, 0.29) is 22.4 Å². The molecule has 160 valence electrons. The zero-order chi connectivity index (χ0) is 21.9. The summed E-state index contributed by atoms with van der Waals surface area (Å²) in [6.07, 6.45) is 0.555. The van der Waals surface area contributed by atoms with E-state index >= 15 is 0 Å². The number of sulfonamides is 2. The maximum Gasteiger partial charge on any atom is 0.243 e. The first-order valence-corrected chi connectivity index (χ1v) is 13.2. The maximum atomic E-state index is 13.5. The lowest BCUT2D eigenvalue weighted by Gasteiger charge is -2.28. The second-order valence-electron chi connectivity index (χ2n) is 6.83. The minimum atomic E-state index is -3.91. The molecule has 1 atom stereocenters. The Morgan fingerprint density at radius 3 is 2.10 bits per heavy atom. The summed E-state index contributed by atoms with van der Waals surface area (Å²) in [5.41, 5.74) is 0.794. The normalized spacial score (nSPS) is 13.5. The molecule has 10 heteroatoms. The molecule has 0 fully saturated rings. The van der Waals surface area contributed by atoms with Crippen molar-refractivity contribution in [3.63, 3.8) is 0 Å². The smallest absolute Gasteiger partial charge is 0.225 e. The van der Waals surface area contributed by atoms with Crippen LogP contribution in [0, 0.1) is 0 Å². The summed E-state index contributed by atoms with van der Waals surface area (Å²) in [6, 6.07) is 15.5. The van der Waals surface area contributed by atoms with Crippen molar-refractivity contribution in [1.82, 2.24) is 4.31 Å². The van der Waals surface area contributed by atoms with E-state index in [2.05, 4.69) is 0 Å². The fourth-order valence-electron chi connectivity index (χ4n) is 3.01. The molecule has 0 spiro atoms. The van der Waals surface area contributed by atoms with Crippen molar-refractivity contribution < 1.29 is 16.8 Å². The molecule has 6 nitrogen and oxygen atoms in total. The quantitative estimate of drug-likeness (QED) is 0.524. The molecule has 2 aromatic carbocycles. The van der Waals surface area contributed by atoms with Crippen molar-refractivity contribution in [2.45, 2.75) is 35.7 Å². The highest BCUT2D eigenvalue weighted by Gasteiger charge is 2.30. The van der Waals surface area contributed by atoms with Gasteiger partial charge in [0.1, 0.15) is 0 Å². The topological polar surface area (TPSA) is 97.5 Å². The Morgan fingerprint density at radius 2 is 1.57 bits per heavy atom. The van der Waals surface area contributed by atoms with Crippen LogP contribution < -0.4 is 5.14 Å². The van der Waals surface area contributed by atoms with Gasteiger partial charge < -0.3 is 0 Å². The highest BCUT2D eigenvalue weighted by atomic mass is 35.5. The van der Waals surface area contributed by atoms with E-state index in [0.717, 1.165) is 10.4 Å². The van der Waals surface area contributed by atoms with Gasteiger partial charge in [-0.1, -0.05) is 29.8 Å². The number of hydrogen-bond donors (Lipinski definition) is 1. The van der Waals surface area contributed by atoms with Crippen molar-refractivity contribution in [3.05, 3.63) is 81.5 Å². The zero-order valence-corrected chi connectivity index (χ0v) is 19.3. The Labute approximate surface area is 186 Å². The van der Waals surface area contributed by atoms with E-state index in [1.165, 1.54) is 28.6 Å². The average molecular weight is 485 g/mol. The molecule has 0 aliphatic heterocycles. The van der Waals surface area contributed by atoms with Gasteiger partial charge >= 0.3 is 0 Å². The lowest BCUT2D eigenvalue weighted by atomic mass is 10.1. The van der Waals surface area contributed by atoms with Gasteiger partial charge in [0.05, 0.1) is 9.79 Å². The van der Waals surface area contributed by atoms with Crippen LogP contribution in [0.25, 0.3) is 0 Å². The predicted octanol–water partition coefficient (Wildman–Crippen LogP) is 3.87. The molecule has 2 N–H and O–H groups in total. The maximum absolute atomic E-state index is 13.5. The molecule has 0 radical (unpaired) electrons. The van der Waals surface area contributed by atoms with Crippen molar-refractivity contribution in [1.29, 1.82) is 0 Å². The second-order valence-corrected chi connectivity index (χ2v) is 11.7. The van der Waals surface area contributed by atoms with Crippen molar-refractivity contribution in [3.8, 4) is 0 Å². The van der Waals surface area contributed by atoms with Crippen LogP contribution in [0.4, 0.5) is 0 Å². The molecule has 0 amide bonds. The van der Waals surface area contributed by atoms with E-state index in [1.807, 2.05) is 24.4 Å². The van der Waals surface area contributed by atoms with Gasteiger partial charge in [0, 0.05) is 22.5 Å². The summed E-state index contributed by atoms with van der Waals surface area (Å²) in [6.45, 7) is 2.01.